The average Bonchev–Trinajstić information content (AvgIpc) is 3.39. The number of likely N-dealkylation sites (tertiary alicyclic amines) is 1. The Labute approximate surface area is 260 Å². The van der Waals surface area contributed by atoms with Crippen molar-refractivity contribution < 1.29 is 42.1 Å². The van der Waals surface area contributed by atoms with Crippen molar-refractivity contribution in [2.24, 2.45) is 0 Å². The number of hydrogen-bond acceptors (Lipinski definition) is 6. The average molecular weight is 642 g/mol. The molecule has 2 heterocycles. The van der Waals surface area contributed by atoms with Gasteiger partial charge in [-0.25, -0.2) is 9.59 Å². The van der Waals surface area contributed by atoms with Crippen molar-refractivity contribution in [2.75, 3.05) is 39.3 Å². The predicted octanol–water partition coefficient (Wildman–Crippen LogP) is 6.16. The monoisotopic (exact) mass is 641 g/mol. The Hall–Kier alpha value is -3.22. The van der Waals surface area contributed by atoms with E-state index in [4.69, 9.17) is 35.7 Å². The number of carboxylic acids is 1. The molecule has 3 fully saturated rings. The molecule has 242 valence electrons. The first kappa shape index (κ1) is 33.7. The second-order valence-electron chi connectivity index (χ2n) is 11.4. The summed E-state index contributed by atoms with van der Waals surface area (Å²) in [5.41, 5.74) is 3.06. The first-order chi connectivity index (χ1) is 20.9. The van der Waals surface area contributed by atoms with E-state index < -0.39 is 12.1 Å². The van der Waals surface area contributed by atoms with Gasteiger partial charge in [0.05, 0.1) is 14.2 Å². The zero-order valence-corrected chi connectivity index (χ0v) is 25.8. The van der Waals surface area contributed by atoms with Gasteiger partial charge in [0.2, 0.25) is 0 Å². The molecule has 2 saturated heterocycles. The summed E-state index contributed by atoms with van der Waals surface area (Å²) in [4.78, 5) is 24.6. The number of nitrogens with one attached hydrogen (secondary N) is 2. The van der Waals surface area contributed by atoms with Gasteiger partial charge < -0.3 is 30.0 Å². The molecule has 0 spiro atoms. The van der Waals surface area contributed by atoms with Crippen LogP contribution in [0, 0.1) is 6.92 Å². The third kappa shape index (κ3) is 7.70. The Morgan fingerprint density at radius 1 is 1.05 bits per heavy atom. The van der Waals surface area contributed by atoms with Crippen LogP contribution in [0.4, 0.5) is 23.7 Å². The maximum atomic E-state index is 13.0. The number of fused-ring (bicyclic) bond motifs is 1. The number of methoxy groups -OCH3 is 2. The molecule has 3 N–H and O–H groups in total. The molecule has 44 heavy (non-hydrogen) atoms. The summed E-state index contributed by atoms with van der Waals surface area (Å²) < 4.78 is 48.6. The van der Waals surface area contributed by atoms with Crippen LogP contribution in [-0.4, -0.2) is 80.3 Å². The highest BCUT2D eigenvalue weighted by Gasteiger charge is 2.53. The number of carbonyl (C=O) groups is 2. The summed E-state index contributed by atoms with van der Waals surface area (Å²) in [7, 11) is 3.37. The third-order valence-corrected chi connectivity index (χ3v) is 9.18. The van der Waals surface area contributed by atoms with Crippen molar-refractivity contribution in [2.45, 2.75) is 75.2 Å². The molecule has 1 aliphatic carbocycles. The zero-order valence-electron chi connectivity index (χ0n) is 25.0. The summed E-state index contributed by atoms with van der Waals surface area (Å²) in [5, 5.41) is 14.0. The smallest absolute Gasteiger partial charge is 0.490 e. The number of ether oxygens (including phenoxy) is 3. The molecule has 0 radical (unpaired) electrons. The number of urea groups is 1. The third-order valence-electron chi connectivity index (χ3n) is 8.94. The largest absolute Gasteiger partial charge is 0.493 e. The predicted molar refractivity (Wildman–Crippen MR) is 160 cm³/mol. The van der Waals surface area contributed by atoms with Crippen LogP contribution in [0.3, 0.4) is 0 Å². The van der Waals surface area contributed by atoms with Crippen LogP contribution in [-0.2, 0) is 14.9 Å². The lowest BCUT2D eigenvalue weighted by Gasteiger charge is -2.47. The van der Waals surface area contributed by atoms with Gasteiger partial charge in [-0.2, -0.15) is 13.2 Å². The Morgan fingerprint density at radius 3 is 2.36 bits per heavy atom. The number of amides is 2. The number of carbonyl (C=O) groups excluding carboxylic acids is 1. The Morgan fingerprint density at radius 2 is 1.73 bits per heavy atom. The highest BCUT2D eigenvalue weighted by molar-refractivity contribution is 6.31. The standard InChI is InChI=1S/C29H38ClN3O4.C2HF3O2/c1-19-4-6-21(30)17-24(19)32-28(34)31-22-8-11-29(20-5-7-25(35-2)26(16-20)36-3)12-13-33(27(29)18-22)23-9-14-37-15-10-23;3-2(4,5)1(6)7/h4-7,16-17,22-23,27H,8-15,18H2,1-3H3,(H2,31,32,34);(H,6,7). The molecule has 3 unspecified atom stereocenters. The minimum absolute atomic E-state index is 0.0239. The van der Waals surface area contributed by atoms with Crippen LogP contribution in [0.25, 0.3) is 0 Å². The minimum atomic E-state index is -5.08. The minimum Gasteiger partial charge on any atom is -0.493 e. The number of aliphatic carboxylic acids is 1. The molecule has 2 aromatic rings. The second-order valence-corrected chi connectivity index (χ2v) is 11.8. The van der Waals surface area contributed by atoms with Crippen molar-refractivity contribution in [1.82, 2.24) is 10.2 Å². The van der Waals surface area contributed by atoms with Gasteiger partial charge in [0.1, 0.15) is 0 Å². The first-order valence-corrected chi connectivity index (χ1v) is 15.0. The second kappa shape index (κ2) is 14.3. The molecule has 2 amide bonds. The van der Waals surface area contributed by atoms with E-state index in [0.717, 1.165) is 81.0 Å². The lowest BCUT2D eigenvalue weighted by molar-refractivity contribution is -0.192. The van der Waals surface area contributed by atoms with E-state index in [1.165, 1.54) is 5.56 Å². The highest BCUT2D eigenvalue weighted by atomic mass is 35.5. The highest BCUT2D eigenvalue weighted by Crippen LogP contribution is 2.51. The first-order valence-electron chi connectivity index (χ1n) is 14.6. The van der Waals surface area contributed by atoms with Crippen molar-refractivity contribution in [3.05, 3.63) is 52.5 Å². The molecule has 2 aromatic carbocycles. The molecular weight excluding hydrogens is 603 g/mol. The Balaban J connectivity index is 0.000000566. The van der Waals surface area contributed by atoms with Gasteiger partial charge in [-0.05, 0) is 87.4 Å². The fourth-order valence-electron chi connectivity index (χ4n) is 6.72. The van der Waals surface area contributed by atoms with E-state index in [-0.39, 0.29) is 17.5 Å². The molecule has 0 bridgehead atoms. The molecule has 3 atom stereocenters. The normalized spacial score (nSPS) is 24.0. The zero-order chi connectivity index (χ0) is 32.1. The number of alkyl halides is 3. The summed E-state index contributed by atoms with van der Waals surface area (Å²) in [5.74, 6) is -1.23. The van der Waals surface area contributed by atoms with Gasteiger partial charge in [0, 0.05) is 47.5 Å². The number of rotatable bonds is 6. The number of carboxylic acid groups (broad SMARTS) is 1. The number of anilines is 1. The van der Waals surface area contributed by atoms with E-state index in [2.05, 4.69) is 27.7 Å². The van der Waals surface area contributed by atoms with Crippen LogP contribution in [0.15, 0.2) is 36.4 Å². The van der Waals surface area contributed by atoms with E-state index in [1.807, 2.05) is 25.1 Å². The molecule has 2 aliphatic heterocycles. The van der Waals surface area contributed by atoms with Crippen molar-refractivity contribution in [1.29, 1.82) is 0 Å². The fraction of sp³-hybridized carbons (Fsp3) is 0.548. The Kier molecular flexibility index (Phi) is 10.9. The van der Waals surface area contributed by atoms with Crippen molar-refractivity contribution >= 4 is 29.3 Å². The number of halogens is 4. The SMILES string of the molecule is COc1ccc(C23CCC(NC(=O)Nc4cc(Cl)ccc4C)CC2N(C2CCOCC2)CC3)cc1OC.O=C(O)C(F)(F)F. The Bertz CT molecular complexity index is 1320. The van der Waals surface area contributed by atoms with Crippen molar-refractivity contribution in [3.8, 4) is 11.5 Å². The fourth-order valence-corrected chi connectivity index (χ4v) is 6.90. The molecule has 13 heteroatoms. The molecule has 1 saturated carbocycles. The lowest BCUT2D eigenvalue weighted by Crippen LogP contribution is -2.55. The van der Waals surface area contributed by atoms with Crippen LogP contribution in [0.2, 0.25) is 5.02 Å². The number of benzene rings is 2. The van der Waals surface area contributed by atoms with Gasteiger partial charge in [-0.15, -0.1) is 0 Å². The molecule has 0 aromatic heterocycles. The van der Waals surface area contributed by atoms with E-state index in [1.54, 1.807) is 20.3 Å². The van der Waals surface area contributed by atoms with Crippen LogP contribution in [0.5, 0.6) is 11.5 Å². The van der Waals surface area contributed by atoms with Gasteiger partial charge in [0.25, 0.3) is 0 Å². The molecule has 3 aliphatic rings. The lowest BCUT2D eigenvalue weighted by atomic mass is 9.65. The van der Waals surface area contributed by atoms with Crippen molar-refractivity contribution in [3.63, 3.8) is 0 Å². The maximum absolute atomic E-state index is 13.0. The summed E-state index contributed by atoms with van der Waals surface area (Å²) in [6.45, 7) is 4.67. The van der Waals surface area contributed by atoms with E-state index in [0.29, 0.717) is 17.1 Å². The van der Waals surface area contributed by atoms with Gasteiger partial charge >= 0.3 is 18.2 Å². The maximum Gasteiger partial charge on any atom is 0.490 e. The quantitative estimate of drug-likeness (QED) is 0.346. The summed E-state index contributed by atoms with van der Waals surface area (Å²) in [6, 6.07) is 12.7. The van der Waals surface area contributed by atoms with Crippen LogP contribution < -0.4 is 20.1 Å². The molecule has 5 rings (SSSR count). The molecule has 9 nitrogen and oxygen atoms in total. The van der Waals surface area contributed by atoms with Gasteiger partial charge in [-0.1, -0.05) is 23.7 Å². The number of nitrogens with zero attached hydrogens (tertiary/aromatic N) is 1. The van der Waals surface area contributed by atoms with Gasteiger partial charge in [0.15, 0.2) is 11.5 Å². The number of hydrogen-bond donors (Lipinski definition) is 3. The molecular formula is C31H39ClF3N3O6. The number of aryl methyl sites for hydroxylation is 1. The summed E-state index contributed by atoms with van der Waals surface area (Å²) in [6.07, 6.45) is 0.984. The summed E-state index contributed by atoms with van der Waals surface area (Å²) >= 11 is 6.15. The van der Waals surface area contributed by atoms with E-state index >= 15 is 0 Å². The topological polar surface area (TPSA) is 109 Å². The van der Waals surface area contributed by atoms with Crippen LogP contribution in [0.1, 0.15) is 49.7 Å². The van der Waals surface area contributed by atoms with Crippen LogP contribution >= 0.6 is 11.6 Å². The van der Waals surface area contributed by atoms with Gasteiger partial charge in [-0.3, -0.25) is 4.90 Å². The van der Waals surface area contributed by atoms with E-state index in [9.17, 15) is 18.0 Å².